The number of nitrogens with two attached hydrogens (primary N) is 1. The Labute approximate surface area is 67.2 Å². The van der Waals surface area contributed by atoms with E-state index in [0.717, 1.165) is 5.69 Å². The third-order valence-corrected chi connectivity index (χ3v) is 2.54. The maximum atomic E-state index is 5.93. The predicted octanol–water partition coefficient (Wildman–Crippen LogP) is 2.07. The maximum Gasteiger partial charge on any atom is 0.0379 e. The molecule has 2 rings (SSSR count). The number of nitrogen functional groups attached to an aromatic ring is 1. The largest absolute Gasteiger partial charge is 0.398 e. The van der Waals surface area contributed by atoms with E-state index in [1.807, 2.05) is 0 Å². The predicted molar refractivity (Wildman–Crippen MR) is 47.6 cm³/mol. The highest BCUT2D eigenvalue weighted by Gasteiger charge is 2.13. The van der Waals surface area contributed by atoms with Gasteiger partial charge in [0.25, 0.3) is 0 Å². The molecule has 0 saturated heterocycles. The minimum absolute atomic E-state index is 1.03. The first kappa shape index (κ1) is 6.71. The topological polar surface area (TPSA) is 26.0 Å². The number of aryl methyl sites for hydroxylation is 2. The summed E-state index contributed by atoms with van der Waals surface area (Å²) in [5.41, 5.74) is 11.1. The Kier molecular flexibility index (Phi) is 1.38. The van der Waals surface area contributed by atoms with Gasteiger partial charge in [0, 0.05) is 5.69 Å². The summed E-state index contributed by atoms with van der Waals surface area (Å²) in [7, 11) is 0. The van der Waals surface area contributed by atoms with E-state index in [2.05, 4.69) is 19.1 Å². The Hall–Kier alpha value is -0.980. The van der Waals surface area contributed by atoms with Gasteiger partial charge in [-0.3, -0.25) is 0 Å². The fraction of sp³-hybridized carbons (Fsp3) is 0.400. The van der Waals surface area contributed by atoms with Crippen molar-refractivity contribution in [1.29, 1.82) is 0 Å². The van der Waals surface area contributed by atoms with E-state index in [0.29, 0.717) is 0 Å². The minimum atomic E-state index is 1.03. The summed E-state index contributed by atoms with van der Waals surface area (Å²) in [6.07, 6.45) is 3.69. The first-order valence-corrected chi connectivity index (χ1v) is 4.16. The van der Waals surface area contributed by atoms with Crippen LogP contribution in [0.1, 0.15) is 23.1 Å². The Balaban J connectivity index is 2.62. The van der Waals surface area contributed by atoms with E-state index < -0.39 is 0 Å². The molecule has 0 fully saturated rings. The van der Waals surface area contributed by atoms with Gasteiger partial charge in [-0.1, -0.05) is 12.1 Å². The lowest BCUT2D eigenvalue weighted by Gasteiger charge is -2.05. The van der Waals surface area contributed by atoms with Crippen LogP contribution >= 0.6 is 0 Å². The summed E-state index contributed by atoms with van der Waals surface area (Å²) in [6, 6.07) is 4.34. The van der Waals surface area contributed by atoms with Crippen LogP contribution in [0.3, 0.4) is 0 Å². The van der Waals surface area contributed by atoms with E-state index in [9.17, 15) is 0 Å². The van der Waals surface area contributed by atoms with Crippen molar-refractivity contribution in [3.63, 3.8) is 0 Å². The van der Waals surface area contributed by atoms with Crippen molar-refractivity contribution in [1.82, 2.24) is 0 Å². The molecule has 0 radical (unpaired) electrons. The molecule has 1 aliphatic rings. The zero-order chi connectivity index (χ0) is 7.84. The van der Waals surface area contributed by atoms with Crippen LogP contribution in [0.5, 0.6) is 0 Å². The van der Waals surface area contributed by atoms with E-state index in [4.69, 9.17) is 5.73 Å². The van der Waals surface area contributed by atoms with Crippen molar-refractivity contribution in [2.24, 2.45) is 0 Å². The third-order valence-electron chi connectivity index (χ3n) is 2.54. The van der Waals surface area contributed by atoms with Crippen LogP contribution in [0, 0.1) is 6.92 Å². The fourth-order valence-electron chi connectivity index (χ4n) is 1.81. The molecular weight excluding hydrogens is 134 g/mol. The second-order valence-electron chi connectivity index (χ2n) is 3.29. The van der Waals surface area contributed by atoms with Gasteiger partial charge in [-0.15, -0.1) is 0 Å². The van der Waals surface area contributed by atoms with Gasteiger partial charge in [0.1, 0.15) is 0 Å². The first-order chi connectivity index (χ1) is 5.29. The van der Waals surface area contributed by atoms with Gasteiger partial charge in [0.15, 0.2) is 0 Å². The van der Waals surface area contributed by atoms with E-state index in [-0.39, 0.29) is 0 Å². The molecule has 1 aliphatic carbocycles. The van der Waals surface area contributed by atoms with Gasteiger partial charge < -0.3 is 5.73 Å². The SMILES string of the molecule is Cc1ccc2c(c1N)CCC2. The number of rotatable bonds is 0. The molecule has 0 spiro atoms. The molecule has 0 aromatic heterocycles. The average molecular weight is 147 g/mol. The maximum absolute atomic E-state index is 5.93. The molecule has 0 atom stereocenters. The quantitative estimate of drug-likeness (QED) is 0.558. The zero-order valence-electron chi connectivity index (χ0n) is 6.85. The molecule has 0 aliphatic heterocycles. The van der Waals surface area contributed by atoms with Crippen LogP contribution in [0.4, 0.5) is 5.69 Å². The molecule has 1 aromatic carbocycles. The molecule has 0 bridgehead atoms. The Morgan fingerprint density at radius 3 is 2.91 bits per heavy atom. The van der Waals surface area contributed by atoms with Crippen LogP contribution in [0.25, 0.3) is 0 Å². The lowest BCUT2D eigenvalue weighted by molar-refractivity contribution is 0.912. The highest BCUT2D eigenvalue weighted by molar-refractivity contribution is 5.58. The zero-order valence-corrected chi connectivity index (χ0v) is 6.85. The molecule has 1 aromatic rings. The monoisotopic (exact) mass is 147 g/mol. The van der Waals surface area contributed by atoms with Gasteiger partial charge >= 0.3 is 0 Å². The van der Waals surface area contributed by atoms with Crippen LogP contribution in [0.15, 0.2) is 12.1 Å². The van der Waals surface area contributed by atoms with E-state index >= 15 is 0 Å². The summed E-state index contributed by atoms with van der Waals surface area (Å²) >= 11 is 0. The number of hydrogen-bond acceptors (Lipinski definition) is 1. The Bertz CT molecular complexity index is 289. The number of anilines is 1. The van der Waals surface area contributed by atoms with Crippen molar-refractivity contribution in [2.45, 2.75) is 26.2 Å². The first-order valence-electron chi connectivity index (χ1n) is 4.16. The van der Waals surface area contributed by atoms with Crippen LogP contribution < -0.4 is 5.73 Å². The lowest BCUT2D eigenvalue weighted by atomic mass is 10.0. The molecule has 0 amide bonds. The number of hydrogen-bond donors (Lipinski definition) is 1. The van der Waals surface area contributed by atoms with Crippen molar-refractivity contribution in [3.8, 4) is 0 Å². The van der Waals surface area contributed by atoms with Crippen molar-refractivity contribution in [2.75, 3.05) is 5.73 Å². The highest BCUT2D eigenvalue weighted by Crippen LogP contribution is 2.28. The van der Waals surface area contributed by atoms with Crippen LogP contribution in [-0.2, 0) is 12.8 Å². The Morgan fingerprint density at radius 1 is 1.27 bits per heavy atom. The summed E-state index contributed by atoms with van der Waals surface area (Å²) in [6.45, 7) is 2.08. The highest BCUT2D eigenvalue weighted by atomic mass is 14.6. The van der Waals surface area contributed by atoms with Gasteiger partial charge in [-0.2, -0.15) is 0 Å². The summed E-state index contributed by atoms with van der Waals surface area (Å²) < 4.78 is 0. The lowest BCUT2D eigenvalue weighted by Crippen LogP contribution is -1.95. The smallest absolute Gasteiger partial charge is 0.0379 e. The molecule has 0 unspecified atom stereocenters. The second-order valence-corrected chi connectivity index (χ2v) is 3.29. The second kappa shape index (κ2) is 2.26. The van der Waals surface area contributed by atoms with Crippen molar-refractivity contribution in [3.05, 3.63) is 28.8 Å². The Morgan fingerprint density at radius 2 is 2.09 bits per heavy atom. The molecule has 1 nitrogen and oxygen atoms in total. The summed E-state index contributed by atoms with van der Waals surface area (Å²) in [5, 5.41) is 0. The molecular formula is C10H13N. The van der Waals surface area contributed by atoms with E-state index in [1.54, 1.807) is 0 Å². The molecule has 58 valence electrons. The van der Waals surface area contributed by atoms with Crippen LogP contribution in [0.2, 0.25) is 0 Å². The normalized spacial score (nSPS) is 15.0. The molecule has 2 N–H and O–H groups in total. The summed E-state index contributed by atoms with van der Waals surface area (Å²) in [5.74, 6) is 0. The third kappa shape index (κ3) is 0.917. The van der Waals surface area contributed by atoms with Gasteiger partial charge in [-0.05, 0) is 42.9 Å². The van der Waals surface area contributed by atoms with Gasteiger partial charge in [0.2, 0.25) is 0 Å². The summed E-state index contributed by atoms with van der Waals surface area (Å²) in [4.78, 5) is 0. The van der Waals surface area contributed by atoms with Gasteiger partial charge in [-0.25, -0.2) is 0 Å². The fourth-order valence-corrected chi connectivity index (χ4v) is 1.81. The average Bonchev–Trinajstić information content (AvgIpc) is 2.45. The number of fused-ring (bicyclic) bond motifs is 1. The van der Waals surface area contributed by atoms with Crippen LogP contribution in [-0.4, -0.2) is 0 Å². The molecule has 0 heterocycles. The van der Waals surface area contributed by atoms with E-state index in [1.165, 1.54) is 36.0 Å². The van der Waals surface area contributed by atoms with Crippen molar-refractivity contribution < 1.29 is 0 Å². The molecule has 1 heteroatoms. The molecule has 11 heavy (non-hydrogen) atoms. The standard InChI is InChI=1S/C10H13N/c1-7-5-6-8-3-2-4-9(8)10(7)11/h5-6H,2-4,11H2,1H3. The number of benzene rings is 1. The minimum Gasteiger partial charge on any atom is -0.398 e. The van der Waals surface area contributed by atoms with Gasteiger partial charge in [0.05, 0.1) is 0 Å². The molecule has 0 saturated carbocycles. The van der Waals surface area contributed by atoms with Crippen molar-refractivity contribution >= 4 is 5.69 Å².